The standard InChI is InChI=1S/C18H19N5O.H2/c1-4-11(2)24-16-5-6-19-18-17(16)13-7-14(20-9-15(13)22-18)12-8-21-23(3)10-12;/h5-11H,4H2,1-3H3,(H,19,22);1H/t11-;/m0./s1. The molecular weight excluding hydrogens is 302 g/mol. The van der Waals surface area contributed by atoms with Crippen LogP contribution in [0.5, 0.6) is 5.75 Å². The number of aromatic nitrogens is 5. The fraction of sp³-hybridized carbons (Fsp3) is 0.278. The summed E-state index contributed by atoms with van der Waals surface area (Å²) in [5.41, 5.74) is 3.64. The highest BCUT2D eigenvalue weighted by atomic mass is 16.5. The quantitative estimate of drug-likeness (QED) is 0.618. The van der Waals surface area contributed by atoms with Gasteiger partial charge in [0.1, 0.15) is 11.4 Å². The first-order valence-corrected chi connectivity index (χ1v) is 8.08. The molecule has 0 bridgehead atoms. The van der Waals surface area contributed by atoms with Gasteiger partial charge in [-0.15, -0.1) is 0 Å². The Morgan fingerprint density at radius 3 is 2.96 bits per heavy atom. The molecule has 24 heavy (non-hydrogen) atoms. The SMILES string of the molecule is CC[C@H](C)Oc1ccnc2[nH]c3cnc(-c4cnn(C)c4)cc3c12.[HH]. The number of aryl methyl sites for hydroxylation is 1. The van der Waals surface area contributed by atoms with Crippen LogP contribution >= 0.6 is 0 Å². The average molecular weight is 323 g/mol. The molecule has 0 saturated carbocycles. The zero-order valence-corrected chi connectivity index (χ0v) is 13.9. The Morgan fingerprint density at radius 2 is 2.21 bits per heavy atom. The van der Waals surface area contributed by atoms with E-state index in [2.05, 4.69) is 40.0 Å². The topological polar surface area (TPSA) is 68.6 Å². The number of ether oxygens (including phenoxy) is 1. The maximum Gasteiger partial charge on any atom is 0.142 e. The van der Waals surface area contributed by atoms with Crippen LogP contribution in [0.4, 0.5) is 0 Å². The van der Waals surface area contributed by atoms with Crippen LogP contribution in [-0.4, -0.2) is 30.8 Å². The number of rotatable bonds is 4. The maximum absolute atomic E-state index is 6.10. The van der Waals surface area contributed by atoms with E-state index in [0.29, 0.717) is 0 Å². The smallest absolute Gasteiger partial charge is 0.142 e. The molecule has 1 N–H and O–H groups in total. The molecule has 4 heterocycles. The molecule has 4 aromatic heterocycles. The number of aromatic amines is 1. The summed E-state index contributed by atoms with van der Waals surface area (Å²) in [5.74, 6) is 0.851. The first-order chi connectivity index (χ1) is 11.7. The van der Waals surface area contributed by atoms with Gasteiger partial charge in [0.15, 0.2) is 0 Å². The molecule has 0 saturated heterocycles. The lowest BCUT2D eigenvalue weighted by molar-refractivity contribution is 0.220. The summed E-state index contributed by atoms with van der Waals surface area (Å²) in [7, 11) is 1.90. The van der Waals surface area contributed by atoms with Crippen molar-refractivity contribution in [1.82, 2.24) is 24.7 Å². The van der Waals surface area contributed by atoms with Gasteiger partial charge in [-0.2, -0.15) is 5.10 Å². The third-order valence-corrected chi connectivity index (χ3v) is 4.24. The van der Waals surface area contributed by atoms with Crippen molar-refractivity contribution in [3.63, 3.8) is 0 Å². The van der Waals surface area contributed by atoms with Gasteiger partial charge in [-0.1, -0.05) is 6.92 Å². The van der Waals surface area contributed by atoms with Crippen LogP contribution in [0.1, 0.15) is 21.7 Å². The van der Waals surface area contributed by atoms with Crippen LogP contribution in [-0.2, 0) is 7.05 Å². The van der Waals surface area contributed by atoms with E-state index < -0.39 is 0 Å². The summed E-state index contributed by atoms with van der Waals surface area (Å²) in [5, 5.41) is 6.28. The first kappa shape index (κ1) is 14.7. The molecule has 0 amide bonds. The molecule has 124 valence electrons. The molecule has 6 nitrogen and oxygen atoms in total. The lowest BCUT2D eigenvalue weighted by Crippen LogP contribution is -2.09. The summed E-state index contributed by atoms with van der Waals surface area (Å²) in [6.07, 6.45) is 8.49. The van der Waals surface area contributed by atoms with Gasteiger partial charge in [-0.05, 0) is 25.5 Å². The van der Waals surface area contributed by atoms with E-state index in [-0.39, 0.29) is 7.53 Å². The zero-order chi connectivity index (χ0) is 16.7. The van der Waals surface area contributed by atoms with Crippen molar-refractivity contribution in [2.24, 2.45) is 7.05 Å². The Morgan fingerprint density at radius 1 is 1.33 bits per heavy atom. The van der Waals surface area contributed by atoms with Crippen molar-refractivity contribution in [2.45, 2.75) is 26.4 Å². The lowest BCUT2D eigenvalue weighted by Gasteiger charge is -2.13. The fourth-order valence-electron chi connectivity index (χ4n) is 2.80. The molecule has 6 heteroatoms. The number of nitrogens with one attached hydrogen (secondary N) is 1. The molecule has 0 spiro atoms. The average Bonchev–Trinajstić information content (AvgIpc) is 3.18. The molecule has 0 unspecified atom stereocenters. The van der Waals surface area contributed by atoms with E-state index >= 15 is 0 Å². The molecule has 0 aliphatic carbocycles. The predicted molar refractivity (Wildman–Crippen MR) is 96.1 cm³/mol. The first-order valence-electron chi connectivity index (χ1n) is 8.08. The minimum absolute atomic E-state index is 0. The van der Waals surface area contributed by atoms with Crippen LogP contribution in [0.15, 0.2) is 36.9 Å². The van der Waals surface area contributed by atoms with E-state index in [1.54, 1.807) is 10.9 Å². The number of fused-ring (bicyclic) bond motifs is 3. The molecule has 0 aliphatic rings. The lowest BCUT2D eigenvalue weighted by atomic mass is 10.1. The number of hydrogen-bond acceptors (Lipinski definition) is 4. The Labute approximate surface area is 141 Å². The van der Waals surface area contributed by atoms with Crippen molar-refractivity contribution in [1.29, 1.82) is 0 Å². The van der Waals surface area contributed by atoms with Crippen molar-refractivity contribution in [2.75, 3.05) is 0 Å². The fourth-order valence-corrected chi connectivity index (χ4v) is 2.80. The summed E-state index contributed by atoms with van der Waals surface area (Å²) in [6, 6.07) is 3.99. The van der Waals surface area contributed by atoms with Gasteiger partial charge in [-0.25, -0.2) is 4.98 Å². The second-order valence-corrected chi connectivity index (χ2v) is 6.01. The molecule has 0 radical (unpaired) electrons. The predicted octanol–water partition coefficient (Wildman–Crippen LogP) is 3.93. The summed E-state index contributed by atoms with van der Waals surface area (Å²) < 4.78 is 7.87. The second kappa shape index (κ2) is 5.63. The van der Waals surface area contributed by atoms with Crippen LogP contribution in [0.2, 0.25) is 0 Å². The molecule has 4 aromatic rings. The van der Waals surface area contributed by atoms with E-state index in [1.165, 1.54) is 0 Å². The van der Waals surface area contributed by atoms with Gasteiger partial charge in [0, 0.05) is 31.8 Å². The van der Waals surface area contributed by atoms with Crippen LogP contribution < -0.4 is 4.74 Å². The van der Waals surface area contributed by atoms with Gasteiger partial charge in [0.05, 0.1) is 35.1 Å². The van der Waals surface area contributed by atoms with E-state index in [0.717, 1.165) is 45.4 Å². The van der Waals surface area contributed by atoms with Gasteiger partial charge >= 0.3 is 0 Å². The Kier molecular flexibility index (Phi) is 3.45. The monoisotopic (exact) mass is 323 g/mol. The Bertz CT molecular complexity index is 1020. The summed E-state index contributed by atoms with van der Waals surface area (Å²) >= 11 is 0. The maximum atomic E-state index is 6.10. The minimum atomic E-state index is 0. The van der Waals surface area contributed by atoms with Gasteiger partial charge < -0.3 is 9.72 Å². The molecule has 0 aliphatic heterocycles. The number of hydrogen-bond donors (Lipinski definition) is 1. The van der Waals surface area contributed by atoms with Crippen molar-refractivity contribution >= 4 is 21.9 Å². The van der Waals surface area contributed by atoms with E-state index in [4.69, 9.17) is 4.74 Å². The van der Waals surface area contributed by atoms with Crippen LogP contribution in [0.3, 0.4) is 0 Å². The highest BCUT2D eigenvalue weighted by Gasteiger charge is 2.14. The molecule has 4 rings (SSSR count). The Hall–Kier alpha value is -2.89. The van der Waals surface area contributed by atoms with Crippen molar-refractivity contribution in [3.05, 3.63) is 36.9 Å². The van der Waals surface area contributed by atoms with Crippen molar-refractivity contribution < 1.29 is 6.16 Å². The highest BCUT2D eigenvalue weighted by Crippen LogP contribution is 2.34. The normalized spacial score (nSPS) is 12.8. The van der Waals surface area contributed by atoms with E-state index in [9.17, 15) is 0 Å². The van der Waals surface area contributed by atoms with Gasteiger partial charge in [0.2, 0.25) is 0 Å². The third kappa shape index (κ3) is 2.40. The number of nitrogens with zero attached hydrogens (tertiary/aromatic N) is 4. The molecule has 0 aromatic carbocycles. The number of H-pyrrole nitrogens is 1. The third-order valence-electron chi connectivity index (χ3n) is 4.24. The summed E-state index contributed by atoms with van der Waals surface area (Å²) in [6.45, 7) is 4.19. The molecule has 1 atom stereocenters. The molecular formula is C18H21N5O. The summed E-state index contributed by atoms with van der Waals surface area (Å²) in [4.78, 5) is 12.3. The van der Waals surface area contributed by atoms with Crippen molar-refractivity contribution in [3.8, 4) is 17.0 Å². The van der Waals surface area contributed by atoms with Crippen LogP contribution in [0, 0.1) is 0 Å². The van der Waals surface area contributed by atoms with Gasteiger partial charge in [-0.3, -0.25) is 9.67 Å². The van der Waals surface area contributed by atoms with Crippen LogP contribution in [0.25, 0.3) is 33.2 Å². The highest BCUT2D eigenvalue weighted by molar-refractivity contribution is 6.09. The second-order valence-electron chi connectivity index (χ2n) is 6.01. The minimum Gasteiger partial charge on any atom is -0.490 e. The molecule has 0 fully saturated rings. The van der Waals surface area contributed by atoms with E-state index in [1.807, 2.05) is 31.7 Å². The Balaban J connectivity index is 0.00000182. The largest absolute Gasteiger partial charge is 0.490 e. The number of pyridine rings is 2. The van der Waals surface area contributed by atoms with Gasteiger partial charge in [0.25, 0.3) is 0 Å². The zero-order valence-electron chi connectivity index (χ0n) is 13.9.